The summed E-state index contributed by atoms with van der Waals surface area (Å²) in [5.74, 6) is 1.48. The molecule has 1 N–H and O–H groups in total. The molecule has 1 unspecified atom stereocenters. The molecule has 154 valence electrons. The Morgan fingerprint density at radius 3 is 2.80 bits per heavy atom. The van der Waals surface area contributed by atoms with Crippen LogP contribution in [-0.2, 0) is 4.79 Å². The lowest BCUT2D eigenvalue weighted by Crippen LogP contribution is -2.41. The second-order valence-corrected chi connectivity index (χ2v) is 7.25. The fraction of sp³-hybridized carbons (Fsp3) is 0.261. The second-order valence-electron chi connectivity index (χ2n) is 7.25. The minimum atomic E-state index is -0.324. The van der Waals surface area contributed by atoms with Crippen molar-refractivity contribution in [1.82, 2.24) is 9.97 Å². The van der Waals surface area contributed by atoms with Crippen molar-refractivity contribution in [1.29, 1.82) is 0 Å². The van der Waals surface area contributed by atoms with Gasteiger partial charge >= 0.3 is 0 Å². The minimum Gasteiger partial charge on any atom is -0.497 e. The van der Waals surface area contributed by atoms with Crippen LogP contribution in [-0.4, -0.2) is 36.1 Å². The number of halogens is 1. The third-order valence-electron chi connectivity index (χ3n) is 5.20. The molecule has 1 saturated heterocycles. The van der Waals surface area contributed by atoms with Crippen molar-refractivity contribution in [3.63, 3.8) is 0 Å². The van der Waals surface area contributed by atoms with Crippen LogP contribution in [0.5, 0.6) is 5.75 Å². The van der Waals surface area contributed by atoms with Gasteiger partial charge < -0.3 is 15.0 Å². The lowest BCUT2D eigenvalue weighted by Gasteiger charge is -2.33. The van der Waals surface area contributed by atoms with Crippen LogP contribution in [0, 0.1) is 11.7 Å². The SMILES string of the molecule is COc1ccc(NC(=O)C2CCCN(c3ccnc(-c4cccc(F)c4)n3)C2)cc1. The van der Waals surface area contributed by atoms with Crippen molar-refractivity contribution in [2.75, 3.05) is 30.4 Å². The van der Waals surface area contributed by atoms with Crippen molar-refractivity contribution < 1.29 is 13.9 Å². The highest BCUT2D eigenvalue weighted by Crippen LogP contribution is 2.25. The first kappa shape index (κ1) is 19.8. The van der Waals surface area contributed by atoms with E-state index in [0.29, 0.717) is 17.9 Å². The Bertz CT molecular complexity index is 1030. The number of ether oxygens (including phenoxy) is 1. The molecular weight excluding hydrogens is 383 g/mol. The van der Waals surface area contributed by atoms with Crippen LogP contribution in [0.4, 0.5) is 15.9 Å². The van der Waals surface area contributed by atoms with Crippen LogP contribution in [0.3, 0.4) is 0 Å². The highest BCUT2D eigenvalue weighted by atomic mass is 19.1. The van der Waals surface area contributed by atoms with Crippen molar-refractivity contribution in [3.8, 4) is 17.1 Å². The van der Waals surface area contributed by atoms with Crippen molar-refractivity contribution in [2.24, 2.45) is 5.92 Å². The number of anilines is 2. The van der Waals surface area contributed by atoms with Crippen LogP contribution in [0.15, 0.2) is 60.8 Å². The Balaban J connectivity index is 1.45. The molecule has 30 heavy (non-hydrogen) atoms. The molecule has 1 aliphatic heterocycles. The number of carbonyl (C=O) groups excluding carboxylic acids is 1. The number of amides is 1. The first-order valence-corrected chi connectivity index (χ1v) is 9.91. The first-order chi connectivity index (χ1) is 14.6. The van der Waals surface area contributed by atoms with E-state index >= 15 is 0 Å². The standard InChI is InChI=1S/C23H23FN4O2/c1-30-20-9-7-19(8-10-20)26-23(29)17-5-3-13-28(15-17)21-11-12-25-22(27-21)16-4-2-6-18(24)14-16/h2,4,6-12,14,17H,3,5,13,15H2,1H3,(H,26,29). The molecule has 1 atom stereocenters. The Kier molecular flexibility index (Phi) is 5.88. The van der Waals surface area contributed by atoms with Crippen LogP contribution < -0.4 is 15.0 Å². The Hall–Kier alpha value is -3.48. The number of hydrogen-bond acceptors (Lipinski definition) is 5. The first-order valence-electron chi connectivity index (χ1n) is 9.91. The third-order valence-corrected chi connectivity index (χ3v) is 5.20. The van der Waals surface area contributed by atoms with E-state index in [-0.39, 0.29) is 17.6 Å². The van der Waals surface area contributed by atoms with Gasteiger partial charge in [0.15, 0.2) is 5.82 Å². The lowest BCUT2D eigenvalue weighted by molar-refractivity contribution is -0.120. The van der Waals surface area contributed by atoms with E-state index in [2.05, 4.69) is 20.2 Å². The predicted octanol–water partition coefficient (Wildman–Crippen LogP) is 4.15. The van der Waals surface area contributed by atoms with Gasteiger partial charge in [0.25, 0.3) is 0 Å². The fourth-order valence-corrected chi connectivity index (χ4v) is 3.61. The van der Waals surface area contributed by atoms with Gasteiger partial charge in [0.2, 0.25) is 5.91 Å². The lowest BCUT2D eigenvalue weighted by atomic mass is 9.97. The van der Waals surface area contributed by atoms with E-state index in [1.165, 1.54) is 12.1 Å². The highest BCUT2D eigenvalue weighted by molar-refractivity contribution is 5.93. The van der Waals surface area contributed by atoms with Gasteiger partial charge in [0, 0.05) is 30.5 Å². The quantitative estimate of drug-likeness (QED) is 0.690. The van der Waals surface area contributed by atoms with Gasteiger partial charge in [-0.3, -0.25) is 4.79 Å². The molecule has 2 aromatic carbocycles. The molecule has 0 bridgehead atoms. The second kappa shape index (κ2) is 8.90. The molecule has 1 aliphatic rings. The maximum atomic E-state index is 13.6. The van der Waals surface area contributed by atoms with Crippen molar-refractivity contribution in [3.05, 3.63) is 66.6 Å². The number of piperidine rings is 1. The number of methoxy groups -OCH3 is 1. The molecule has 2 heterocycles. The van der Waals surface area contributed by atoms with E-state index in [0.717, 1.165) is 36.6 Å². The van der Waals surface area contributed by atoms with Gasteiger partial charge in [0.05, 0.1) is 13.0 Å². The van der Waals surface area contributed by atoms with Crippen LogP contribution in [0.1, 0.15) is 12.8 Å². The van der Waals surface area contributed by atoms with E-state index < -0.39 is 0 Å². The summed E-state index contributed by atoms with van der Waals surface area (Å²) in [6, 6.07) is 15.3. The van der Waals surface area contributed by atoms with Crippen LogP contribution in [0.2, 0.25) is 0 Å². The van der Waals surface area contributed by atoms with Crippen molar-refractivity contribution >= 4 is 17.4 Å². The molecule has 3 aromatic rings. The summed E-state index contributed by atoms with van der Waals surface area (Å²) in [6.45, 7) is 1.38. The molecule has 0 aliphatic carbocycles. The number of hydrogen-bond donors (Lipinski definition) is 1. The number of carbonyl (C=O) groups is 1. The summed E-state index contributed by atoms with van der Waals surface area (Å²) in [7, 11) is 1.61. The maximum Gasteiger partial charge on any atom is 0.229 e. The van der Waals surface area contributed by atoms with Gasteiger partial charge in [-0.1, -0.05) is 12.1 Å². The molecule has 1 amide bonds. The zero-order valence-electron chi connectivity index (χ0n) is 16.7. The Morgan fingerprint density at radius 1 is 1.20 bits per heavy atom. The summed E-state index contributed by atoms with van der Waals surface area (Å²) in [6.07, 6.45) is 3.38. The molecule has 7 heteroatoms. The van der Waals surface area contributed by atoms with Crippen LogP contribution >= 0.6 is 0 Å². The molecule has 1 aromatic heterocycles. The van der Waals surface area contributed by atoms with Gasteiger partial charge in [0.1, 0.15) is 17.4 Å². The smallest absolute Gasteiger partial charge is 0.229 e. The average molecular weight is 406 g/mol. The summed E-state index contributed by atoms with van der Waals surface area (Å²) in [5.41, 5.74) is 1.37. The Labute approximate surface area is 174 Å². The van der Waals surface area contributed by atoms with E-state index in [4.69, 9.17) is 4.74 Å². The molecular formula is C23H23FN4O2. The van der Waals surface area contributed by atoms with Crippen molar-refractivity contribution in [2.45, 2.75) is 12.8 Å². The number of rotatable bonds is 5. The average Bonchev–Trinajstić information content (AvgIpc) is 2.80. The maximum absolute atomic E-state index is 13.6. The summed E-state index contributed by atoms with van der Waals surface area (Å²) < 4.78 is 18.7. The summed E-state index contributed by atoms with van der Waals surface area (Å²) >= 11 is 0. The van der Waals surface area contributed by atoms with Gasteiger partial charge in [-0.25, -0.2) is 14.4 Å². The Morgan fingerprint density at radius 2 is 2.03 bits per heavy atom. The van der Waals surface area contributed by atoms with Gasteiger partial charge in [-0.2, -0.15) is 0 Å². The molecule has 0 saturated carbocycles. The van der Waals surface area contributed by atoms with Gasteiger partial charge in [-0.15, -0.1) is 0 Å². The minimum absolute atomic E-state index is 0.00993. The number of nitrogens with zero attached hydrogens (tertiary/aromatic N) is 3. The molecule has 0 spiro atoms. The largest absolute Gasteiger partial charge is 0.497 e. The highest BCUT2D eigenvalue weighted by Gasteiger charge is 2.27. The molecule has 0 radical (unpaired) electrons. The van der Waals surface area contributed by atoms with Gasteiger partial charge in [-0.05, 0) is 55.3 Å². The zero-order valence-corrected chi connectivity index (χ0v) is 16.7. The summed E-state index contributed by atoms with van der Waals surface area (Å²) in [5, 5.41) is 2.98. The number of nitrogens with one attached hydrogen (secondary N) is 1. The fourth-order valence-electron chi connectivity index (χ4n) is 3.61. The molecule has 6 nitrogen and oxygen atoms in total. The molecule has 4 rings (SSSR count). The topological polar surface area (TPSA) is 67.3 Å². The van der Waals surface area contributed by atoms with E-state index in [9.17, 15) is 9.18 Å². The van der Waals surface area contributed by atoms with E-state index in [1.807, 2.05) is 30.3 Å². The number of benzene rings is 2. The van der Waals surface area contributed by atoms with Crippen LogP contribution in [0.25, 0.3) is 11.4 Å². The van der Waals surface area contributed by atoms with E-state index in [1.54, 1.807) is 25.4 Å². The third kappa shape index (κ3) is 4.56. The number of aromatic nitrogens is 2. The predicted molar refractivity (Wildman–Crippen MR) is 114 cm³/mol. The summed E-state index contributed by atoms with van der Waals surface area (Å²) in [4.78, 5) is 23.8. The zero-order chi connectivity index (χ0) is 20.9. The molecule has 1 fully saturated rings. The monoisotopic (exact) mass is 406 g/mol. The normalized spacial score (nSPS) is 16.2.